The molecular formula is C21H14Cl2N2O5. The number of nitrogens with one attached hydrogen (secondary N) is 1. The van der Waals surface area contributed by atoms with Gasteiger partial charge in [0.1, 0.15) is 22.1 Å². The van der Waals surface area contributed by atoms with E-state index >= 15 is 0 Å². The van der Waals surface area contributed by atoms with Gasteiger partial charge in [-0.25, -0.2) is 9.78 Å². The summed E-state index contributed by atoms with van der Waals surface area (Å²) in [5, 5.41) is 4.64. The van der Waals surface area contributed by atoms with Gasteiger partial charge in [0.2, 0.25) is 0 Å². The minimum atomic E-state index is -0.754. The smallest absolute Gasteiger partial charge is 0.340 e. The van der Waals surface area contributed by atoms with E-state index in [1.165, 1.54) is 19.4 Å². The highest BCUT2D eigenvalue weighted by Gasteiger charge is 2.16. The summed E-state index contributed by atoms with van der Waals surface area (Å²) in [4.78, 5) is 28.2. The lowest BCUT2D eigenvalue weighted by Crippen LogP contribution is -2.21. The van der Waals surface area contributed by atoms with E-state index in [0.717, 1.165) is 16.4 Å². The number of halogens is 2. The summed E-state index contributed by atoms with van der Waals surface area (Å²) in [6.45, 7) is -0.513. The van der Waals surface area contributed by atoms with Crippen LogP contribution in [0.5, 0.6) is 5.75 Å². The predicted octanol–water partition coefficient (Wildman–Crippen LogP) is 5.09. The molecule has 2 aromatic carbocycles. The third-order valence-corrected chi connectivity index (χ3v) is 5.03. The van der Waals surface area contributed by atoms with E-state index in [2.05, 4.69) is 10.3 Å². The summed E-state index contributed by atoms with van der Waals surface area (Å²) in [5.41, 5.74) is 1.79. The van der Waals surface area contributed by atoms with Crippen molar-refractivity contribution < 1.29 is 23.5 Å². The lowest BCUT2D eigenvalue weighted by atomic mass is 10.1. The van der Waals surface area contributed by atoms with Crippen molar-refractivity contribution in [3.63, 3.8) is 0 Å². The van der Waals surface area contributed by atoms with Crippen molar-refractivity contribution in [3.8, 4) is 5.75 Å². The Bertz CT molecular complexity index is 1290. The molecule has 0 spiro atoms. The molecule has 9 heteroatoms. The summed E-state index contributed by atoms with van der Waals surface area (Å²) < 4.78 is 16.2. The maximum Gasteiger partial charge on any atom is 0.340 e. The quantitative estimate of drug-likeness (QED) is 0.340. The number of hydrogen-bond acceptors (Lipinski definition) is 6. The van der Waals surface area contributed by atoms with Crippen LogP contribution < -0.4 is 10.1 Å². The molecule has 0 saturated carbocycles. The minimum absolute atomic E-state index is 0.0686. The number of methoxy groups -OCH3 is 1. The lowest BCUT2D eigenvalue weighted by Gasteiger charge is -2.11. The van der Waals surface area contributed by atoms with Gasteiger partial charge in [-0.05, 0) is 18.2 Å². The molecule has 0 fully saturated rings. The van der Waals surface area contributed by atoms with Crippen LogP contribution in [0.3, 0.4) is 0 Å². The fourth-order valence-electron chi connectivity index (χ4n) is 2.95. The van der Waals surface area contributed by atoms with Crippen LogP contribution in [0.1, 0.15) is 10.4 Å². The molecule has 0 aliphatic carbocycles. The summed E-state index contributed by atoms with van der Waals surface area (Å²) in [6.07, 6.45) is 1.22. The molecule has 0 unspecified atom stereocenters. The Morgan fingerprint density at radius 1 is 1.10 bits per heavy atom. The third kappa shape index (κ3) is 3.90. The molecule has 4 aromatic rings. The Kier molecular flexibility index (Phi) is 5.48. The number of fused-ring (bicyclic) bond motifs is 3. The fourth-order valence-corrected chi connectivity index (χ4v) is 3.22. The van der Waals surface area contributed by atoms with Crippen molar-refractivity contribution in [2.75, 3.05) is 19.0 Å². The van der Waals surface area contributed by atoms with Crippen molar-refractivity contribution in [1.29, 1.82) is 0 Å². The maximum atomic E-state index is 12.3. The second kappa shape index (κ2) is 8.22. The van der Waals surface area contributed by atoms with E-state index in [-0.39, 0.29) is 15.7 Å². The molecule has 0 atom stereocenters. The van der Waals surface area contributed by atoms with Crippen molar-refractivity contribution in [2.24, 2.45) is 0 Å². The molecule has 2 aromatic heterocycles. The number of benzene rings is 2. The molecule has 30 heavy (non-hydrogen) atoms. The Balaban J connectivity index is 1.50. The average molecular weight is 445 g/mol. The molecule has 0 radical (unpaired) electrons. The van der Waals surface area contributed by atoms with Crippen molar-refractivity contribution in [3.05, 3.63) is 64.4 Å². The summed E-state index contributed by atoms with van der Waals surface area (Å²) in [6, 6.07) is 12.4. The highest BCUT2D eigenvalue weighted by Crippen LogP contribution is 2.36. The number of pyridine rings is 1. The van der Waals surface area contributed by atoms with E-state index < -0.39 is 18.5 Å². The summed E-state index contributed by atoms with van der Waals surface area (Å²) in [5.74, 6) is -0.858. The molecular weight excluding hydrogens is 431 g/mol. The number of hydrogen-bond donors (Lipinski definition) is 1. The Hall–Kier alpha value is -3.29. The first-order valence-corrected chi connectivity index (χ1v) is 9.49. The molecule has 0 bridgehead atoms. The van der Waals surface area contributed by atoms with Gasteiger partial charge < -0.3 is 19.2 Å². The van der Waals surface area contributed by atoms with E-state index in [4.69, 9.17) is 37.1 Å². The number of para-hydroxylation sites is 1. The first-order valence-electron chi connectivity index (χ1n) is 8.73. The summed E-state index contributed by atoms with van der Waals surface area (Å²) in [7, 11) is 1.50. The molecule has 1 N–H and O–H groups in total. The van der Waals surface area contributed by atoms with Crippen LogP contribution in [-0.2, 0) is 9.53 Å². The molecule has 0 aliphatic rings. The van der Waals surface area contributed by atoms with Crippen LogP contribution in [0, 0.1) is 0 Å². The maximum absolute atomic E-state index is 12.3. The van der Waals surface area contributed by atoms with Crippen LogP contribution in [0.25, 0.3) is 21.9 Å². The highest BCUT2D eigenvalue weighted by molar-refractivity contribution is 6.41. The normalized spacial score (nSPS) is 10.9. The van der Waals surface area contributed by atoms with Gasteiger partial charge in [-0.1, -0.05) is 41.4 Å². The highest BCUT2D eigenvalue weighted by atomic mass is 35.5. The molecule has 1 amide bonds. The fraction of sp³-hybridized carbons (Fsp3) is 0.0952. The minimum Gasteiger partial charge on any atom is -0.495 e. The SMILES string of the molecule is COc1cc2c(cc1NC(=O)COC(=O)c1cnc(Cl)c(Cl)c1)oc1ccccc12. The first-order chi connectivity index (χ1) is 14.5. The van der Waals surface area contributed by atoms with Crippen molar-refractivity contribution >= 4 is 62.7 Å². The topological polar surface area (TPSA) is 90.7 Å². The molecule has 2 heterocycles. The zero-order chi connectivity index (χ0) is 21.3. The van der Waals surface area contributed by atoms with Gasteiger partial charge in [0.25, 0.3) is 5.91 Å². The molecule has 0 aliphatic heterocycles. The van der Waals surface area contributed by atoms with Crippen molar-refractivity contribution in [1.82, 2.24) is 4.98 Å². The van der Waals surface area contributed by atoms with E-state index in [0.29, 0.717) is 17.0 Å². The van der Waals surface area contributed by atoms with E-state index in [9.17, 15) is 9.59 Å². The first kappa shape index (κ1) is 20.0. The molecule has 7 nitrogen and oxygen atoms in total. The monoisotopic (exact) mass is 444 g/mol. The third-order valence-electron chi connectivity index (χ3n) is 4.34. The van der Waals surface area contributed by atoms with E-state index in [1.54, 1.807) is 12.1 Å². The van der Waals surface area contributed by atoms with Crippen LogP contribution >= 0.6 is 23.2 Å². The number of anilines is 1. The number of rotatable bonds is 5. The number of ether oxygens (including phenoxy) is 2. The van der Waals surface area contributed by atoms with Gasteiger partial charge in [0.05, 0.1) is 23.4 Å². The predicted molar refractivity (Wildman–Crippen MR) is 113 cm³/mol. The summed E-state index contributed by atoms with van der Waals surface area (Å²) >= 11 is 11.6. The van der Waals surface area contributed by atoms with Gasteiger partial charge in [-0.15, -0.1) is 0 Å². The average Bonchev–Trinajstić information content (AvgIpc) is 3.10. The van der Waals surface area contributed by atoms with Crippen LogP contribution in [0.4, 0.5) is 5.69 Å². The Labute approximate surface area is 180 Å². The number of carbonyl (C=O) groups is 2. The van der Waals surface area contributed by atoms with E-state index in [1.807, 2.05) is 24.3 Å². The number of amides is 1. The van der Waals surface area contributed by atoms with Gasteiger partial charge in [-0.2, -0.15) is 0 Å². The van der Waals surface area contributed by atoms with Crippen LogP contribution in [0.15, 0.2) is 53.1 Å². The molecule has 0 saturated heterocycles. The van der Waals surface area contributed by atoms with Crippen LogP contribution in [0.2, 0.25) is 10.2 Å². The van der Waals surface area contributed by atoms with Crippen LogP contribution in [-0.4, -0.2) is 30.6 Å². The Morgan fingerprint density at radius 3 is 2.67 bits per heavy atom. The number of nitrogens with zero attached hydrogens (tertiary/aromatic N) is 1. The largest absolute Gasteiger partial charge is 0.495 e. The standard InChI is InChI=1S/C21H14Cl2N2O5/c1-28-18-7-13-12-4-2-3-5-16(12)30-17(13)8-15(18)25-19(26)10-29-21(27)11-6-14(22)20(23)24-9-11/h2-9H,10H2,1H3,(H,25,26). The second-order valence-electron chi connectivity index (χ2n) is 6.27. The zero-order valence-corrected chi connectivity index (χ0v) is 17.1. The van der Waals surface area contributed by atoms with Gasteiger partial charge in [0.15, 0.2) is 6.61 Å². The Morgan fingerprint density at radius 2 is 1.90 bits per heavy atom. The number of carbonyl (C=O) groups excluding carboxylic acids is 2. The number of esters is 1. The lowest BCUT2D eigenvalue weighted by molar-refractivity contribution is -0.119. The van der Waals surface area contributed by atoms with Gasteiger partial charge in [0, 0.05) is 23.0 Å². The molecule has 152 valence electrons. The number of aromatic nitrogens is 1. The zero-order valence-electron chi connectivity index (χ0n) is 15.6. The second-order valence-corrected chi connectivity index (χ2v) is 7.03. The number of furan rings is 1. The van der Waals surface area contributed by atoms with Crippen molar-refractivity contribution in [2.45, 2.75) is 0 Å². The van der Waals surface area contributed by atoms with Gasteiger partial charge >= 0.3 is 5.97 Å². The molecule has 4 rings (SSSR count). The van der Waals surface area contributed by atoms with Gasteiger partial charge in [-0.3, -0.25) is 4.79 Å².